The third-order valence-electron chi connectivity index (χ3n) is 2.13. The minimum Gasteiger partial charge on any atom is -0.481 e. The summed E-state index contributed by atoms with van der Waals surface area (Å²) in [6, 6.07) is 8.96. The summed E-state index contributed by atoms with van der Waals surface area (Å²) in [5.74, 6) is -0.187. The average molecular weight is 214 g/mol. The maximum absolute atomic E-state index is 10.5. The number of nitrogens with zero attached hydrogens (tertiary/aromatic N) is 2. The first-order chi connectivity index (χ1) is 7.75. The molecule has 1 heterocycles. The number of carbonyl (C=O) groups is 1. The fraction of sp³-hybridized carbons (Fsp3) is 0.0833. The summed E-state index contributed by atoms with van der Waals surface area (Å²) < 4.78 is 0. The van der Waals surface area contributed by atoms with Gasteiger partial charge >= 0.3 is 5.97 Å². The molecule has 0 spiro atoms. The molecular weight excluding hydrogens is 204 g/mol. The average Bonchev–Trinajstić information content (AvgIpc) is 2.30. The van der Waals surface area contributed by atoms with Crippen LogP contribution in [0.3, 0.4) is 0 Å². The van der Waals surface area contributed by atoms with Gasteiger partial charge in [0.15, 0.2) is 5.82 Å². The third kappa shape index (κ3) is 2.42. The maximum Gasteiger partial charge on any atom is 0.307 e. The van der Waals surface area contributed by atoms with Crippen LogP contribution in [-0.4, -0.2) is 21.0 Å². The summed E-state index contributed by atoms with van der Waals surface area (Å²) in [6.07, 6.45) is 3.39. The van der Waals surface area contributed by atoms with Gasteiger partial charge in [-0.15, -0.1) is 0 Å². The Kier molecular flexibility index (Phi) is 2.91. The Labute approximate surface area is 92.6 Å². The van der Waals surface area contributed by atoms with Gasteiger partial charge in [0.05, 0.1) is 6.42 Å². The van der Waals surface area contributed by atoms with Gasteiger partial charge in [-0.3, -0.25) is 4.79 Å². The first-order valence-corrected chi connectivity index (χ1v) is 4.84. The summed E-state index contributed by atoms with van der Waals surface area (Å²) >= 11 is 0. The highest BCUT2D eigenvalue weighted by atomic mass is 16.4. The molecule has 0 amide bonds. The van der Waals surface area contributed by atoms with E-state index in [1.165, 1.54) is 0 Å². The van der Waals surface area contributed by atoms with E-state index in [1.54, 1.807) is 30.6 Å². The van der Waals surface area contributed by atoms with E-state index in [-0.39, 0.29) is 6.42 Å². The lowest BCUT2D eigenvalue weighted by Crippen LogP contribution is -1.99. The van der Waals surface area contributed by atoms with Crippen LogP contribution in [0.1, 0.15) is 5.56 Å². The van der Waals surface area contributed by atoms with Crippen molar-refractivity contribution in [1.29, 1.82) is 0 Å². The Hall–Kier alpha value is -2.23. The predicted molar refractivity (Wildman–Crippen MR) is 58.8 cm³/mol. The van der Waals surface area contributed by atoms with Gasteiger partial charge in [-0.2, -0.15) is 0 Å². The third-order valence-corrected chi connectivity index (χ3v) is 2.13. The van der Waals surface area contributed by atoms with Gasteiger partial charge < -0.3 is 5.11 Å². The quantitative estimate of drug-likeness (QED) is 0.845. The van der Waals surface area contributed by atoms with Crippen LogP contribution in [0.2, 0.25) is 0 Å². The number of hydrogen-bond donors (Lipinski definition) is 1. The van der Waals surface area contributed by atoms with Crippen molar-refractivity contribution in [1.82, 2.24) is 9.97 Å². The van der Waals surface area contributed by atoms with Gasteiger partial charge in [-0.25, -0.2) is 9.97 Å². The largest absolute Gasteiger partial charge is 0.481 e. The van der Waals surface area contributed by atoms with Gasteiger partial charge in [0.1, 0.15) is 0 Å². The highest BCUT2D eigenvalue weighted by Gasteiger charge is 2.02. The fourth-order valence-electron chi connectivity index (χ4n) is 1.39. The normalized spacial score (nSPS) is 10.0. The second kappa shape index (κ2) is 4.53. The molecule has 0 atom stereocenters. The van der Waals surface area contributed by atoms with Crippen LogP contribution in [0.25, 0.3) is 11.4 Å². The molecular formula is C12H10N2O2. The van der Waals surface area contributed by atoms with Crippen molar-refractivity contribution in [2.45, 2.75) is 6.42 Å². The Morgan fingerprint density at radius 1 is 1.12 bits per heavy atom. The molecule has 1 aromatic heterocycles. The van der Waals surface area contributed by atoms with E-state index >= 15 is 0 Å². The molecule has 0 aliphatic carbocycles. The van der Waals surface area contributed by atoms with Crippen molar-refractivity contribution in [2.24, 2.45) is 0 Å². The minimum absolute atomic E-state index is 0.0376. The maximum atomic E-state index is 10.5. The Balaban J connectivity index is 2.23. The van der Waals surface area contributed by atoms with E-state index in [0.29, 0.717) is 5.82 Å². The number of hydrogen-bond acceptors (Lipinski definition) is 3. The van der Waals surface area contributed by atoms with Crippen LogP contribution in [0.5, 0.6) is 0 Å². The molecule has 0 bridgehead atoms. The van der Waals surface area contributed by atoms with Crippen LogP contribution in [0.15, 0.2) is 42.7 Å². The molecule has 0 aliphatic heterocycles. The molecule has 4 nitrogen and oxygen atoms in total. The molecule has 1 N–H and O–H groups in total. The van der Waals surface area contributed by atoms with Crippen molar-refractivity contribution >= 4 is 5.97 Å². The van der Waals surface area contributed by atoms with Crippen molar-refractivity contribution in [3.63, 3.8) is 0 Å². The van der Waals surface area contributed by atoms with Gasteiger partial charge in [-0.05, 0) is 11.6 Å². The first-order valence-electron chi connectivity index (χ1n) is 4.84. The standard InChI is InChI=1S/C12H10N2O2/c15-11(16)8-9-2-4-10(5-3-9)12-13-6-1-7-14-12/h1-7H,8H2,(H,15,16). The van der Waals surface area contributed by atoms with E-state index in [0.717, 1.165) is 11.1 Å². The van der Waals surface area contributed by atoms with E-state index in [9.17, 15) is 4.79 Å². The molecule has 16 heavy (non-hydrogen) atoms. The second-order valence-electron chi connectivity index (χ2n) is 3.34. The summed E-state index contributed by atoms with van der Waals surface area (Å²) in [6.45, 7) is 0. The van der Waals surface area contributed by atoms with E-state index in [1.807, 2.05) is 12.1 Å². The van der Waals surface area contributed by atoms with Crippen molar-refractivity contribution in [2.75, 3.05) is 0 Å². The number of benzene rings is 1. The smallest absolute Gasteiger partial charge is 0.307 e. The number of carboxylic acids is 1. The van der Waals surface area contributed by atoms with Crippen LogP contribution >= 0.6 is 0 Å². The van der Waals surface area contributed by atoms with Crippen LogP contribution < -0.4 is 0 Å². The van der Waals surface area contributed by atoms with Gasteiger partial charge in [0.2, 0.25) is 0 Å². The summed E-state index contributed by atoms with van der Waals surface area (Å²) in [5.41, 5.74) is 1.65. The molecule has 80 valence electrons. The number of rotatable bonds is 3. The van der Waals surface area contributed by atoms with Crippen LogP contribution in [0, 0.1) is 0 Å². The summed E-state index contributed by atoms with van der Waals surface area (Å²) in [4.78, 5) is 18.7. The molecule has 0 saturated heterocycles. The number of aliphatic carboxylic acids is 1. The molecule has 1 aromatic carbocycles. The number of carboxylic acid groups (broad SMARTS) is 1. The molecule has 4 heteroatoms. The fourth-order valence-corrected chi connectivity index (χ4v) is 1.39. The van der Waals surface area contributed by atoms with Gasteiger partial charge in [-0.1, -0.05) is 24.3 Å². The molecule has 0 radical (unpaired) electrons. The van der Waals surface area contributed by atoms with E-state index in [4.69, 9.17) is 5.11 Å². The zero-order chi connectivity index (χ0) is 11.4. The zero-order valence-corrected chi connectivity index (χ0v) is 8.50. The van der Waals surface area contributed by atoms with E-state index < -0.39 is 5.97 Å². The van der Waals surface area contributed by atoms with Crippen molar-refractivity contribution < 1.29 is 9.90 Å². The first kappa shape index (κ1) is 10.3. The molecule has 0 unspecified atom stereocenters. The van der Waals surface area contributed by atoms with Gasteiger partial charge in [0, 0.05) is 18.0 Å². The molecule has 2 aromatic rings. The number of aromatic nitrogens is 2. The SMILES string of the molecule is O=C(O)Cc1ccc(-c2ncccn2)cc1. The highest BCUT2D eigenvalue weighted by molar-refractivity contribution is 5.70. The van der Waals surface area contributed by atoms with Crippen LogP contribution in [0.4, 0.5) is 0 Å². The highest BCUT2D eigenvalue weighted by Crippen LogP contribution is 2.14. The van der Waals surface area contributed by atoms with Crippen LogP contribution in [-0.2, 0) is 11.2 Å². The summed E-state index contributed by atoms with van der Waals surface area (Å²) in [7, 11) is 0. The molecule has 0 aliphatic rings. The topological polar surface area (TPSA) is 63.1 Å². The zero-order valence-electron chi connectivity index (χ0n) is 8.50. The van der Waals surface area contributed by atoms with E-state index in [2.05, 4.69) is 9.97 Å². The van der Waals surface area contributed by atoms with Crippen molar-refractivity contribution in [3.8, 4) is 11.4 Å². The van der Waals surface area contributed by atoms with Gasteiger partial charge in [0.25, 0.3) is 0 Å². The Bertz CT molecular complexity index is 480. The molecule has 0 fully saturated rings. The molecule has 0 saturated carbocycles. The Morgan fingerprint density at radius 2 is 1.75 bits per heavy atom. The predicted octanol–water partition coefficient (Wildman–Crippen LogP) is 1.77. The van der Waals surface area contributed by atoms with Crippen molar-refractivity contribution in [3.05, 3.63) is 48.3 Å². The lowest BCUT2D eigenvalue weighted by atomic mass is 10.1. The second-order valence-corrected chi connectivity index (χ2v) is 3.34. The molecule has 2 rings (SSSR count). The lowest BCUT2D eigenvalue weighted by molar-refractivity contribution is -0.136. The monoisotopic (exact) mass is 214 g/mol. The minimum atomic E-state index is -0.830. The lowest BCUT2D eigenvalue weighted by Gasteiger charge is -2.00. The Morgan fingerprint density at radius 3 is 2.31 bits per heavy atom. The summed E-state index contributed by atoms with van der Waals surface area (Å²) in [5, 5.41) is 8.63.